The number of alkyl halides is 3. The standard InChI is InChI=1S/C6H4F3NO3/c7-6(8,9)1-4-10-3(2-13-4)5(11)12/h2H,1H2,(H,11,12). The molecule has 0 aliphatic carbocycles. The molecule has 1 heterocycles. The lowest BCUT2D eigenvalue weighted by atomic mass is 10.4. The van der Waals surface area contributed by atoms with Crippen LogP contribution < -0.4 is 0 Å². The van der Waals surface area contributed by atoms with Gasteiger partial charge in [-0.2, -0.15) is 13.2 Å². The number of carboxylic acids is 1. The number of hydrogen-bond donors (Lipinski definition) is 1. The molecule has 13 heavy (non-hydrogen) atoms. The Bertz CT molecular complexity index is 317. The summed E-state index contributed by atoms with van der Waals surface area (Å²) in [5.41, 5.74) is -0.528. The van der Waals surface area contributed by atoms with Gasteiger partial charge in [0, 0.05) is 0 Å². The van der Waals surface area contributed by atoms with Gasteiger partial charge in [0.1, 0.15) is 12.7 Å². The van der Waals surface area contributed by atoms with Crippen LogP contribution in [0.2, 0.25) is 0 Å². The lowest BCUT2D eigenvalue weighted by Crippen LogP contribution is -2.12. The lowest BCUT2D eigenvalue weighted by Gasteiger charge is -2.00. The van der Waals surface area contributed by atoms with E-state index in [0.29, 0.717) is 6.26 Å². The van der Waals surface area contributed by atoms with Gasteiger partial charge in [-0.1, -0.05) is 0 Å². The number of aromatic carboxylic acids is 1. The summed E-state index contributed by atoms with van der Waals surface area (Å²) in [4.78, 5) is 13.3. The Morgan fingerprint density at radius 3 is 2.62 bits per heavy atom. The van der Waals surface area contributed by atoms with Gasteiger partial charge in [-0.05, 0) is 0 Å². The Morgan fingerprint density at radius 1 is 1.62 bits per heavy atom. The second kappa shape index (κ2) is 3.08. The molecule has 4 nitrogen and oxygen atoms in total. The second-order valence-electron chi connectivity index (χ2n) is 2.22. The van der Waals surface area contributed by atoms with E-state index in [1.807, 2.05) is 0 Å². The fourth-order valence-electron chi connectivity index (χ4n) is 0.662. The van der Waals surface area contributed by atoms with Crippen molar-refractivity contribution < 1.29 is 27.5 Å². The number of carbonyl (C=O) groups is 1. The van der Waals surface area contributed by atoms with Gasteiger partial charge < -0.3 is 9.52 Å². The molecule has 0 radical (unpaired) electrons. The lowest BCUT2D eigenvalue weighted by molar-refractivity contribution is -0.130. The maximum absolute atomic E-state index is 11.7. The number of carboxylic acid groups (broad SMARTS) is 1. The number of hydrogen-bond acceptors (Lipinski definition) is 3. The highest BCUT2D eigenvalue weighted by Gasteiger charge is 2.30. The number of oxazole rings is 1. The van der Waals surface area contributed by atoms with Gasteiger partial charge in [-0.3, -0.25) is 0 Å². The van der Waals surface area contributed by atoms with Crippen LogP contribution in [0.5, 0.6) is 0 Å². The first-order chi connectivity index (χ1) is 5.88. The molecule has 0 aliphatic heterocycles. The molecule has 0 unspecified atom stereocenters. The van der Waals surface area contributed by atoms with Gasteiger partial charge in [0.15, 0.2) is 5.69 Å². The molecular weight excluding hydrogens is 191 g/mol. The summed E-state index contributed by atoms with van der Waals surface area (Å²) in [5, 5.41) is 8.29. The van der Waals surface area contributed by atoms with E-state index in [0.717, 1.165) is 0 Å². The molecule has 0 bridgehead atoms. The van der Waals surface area contributed by atoms with E-state index in [-0.39, 0.29) is 0 Å². The van der Waals surface area contributed by atoms with E-state index in [2.05, 4.69) is 9.40 Å². The van der Waals surface area contributed by atoms with E-state index < -0.39 is 30.2 Å². The van der Waals surface area contributed by atoms with Crippen LogP contribution in [0.1, 0.15) is 16.4 Å². The number of nitrogens with zero attached hydrogens (tertiary/aromatic N) is 1. The minimum atomic E-state index is -4.44. The molecule has 0 atom stereocenters. The number of rotatable bonds is 2. The Hall–Kier alpha value is -1.53. The third-order valence-corrected chi connectivity index (χ3v) is 1.12. The largest absolute Gasteiger partial charge is 0.476 e. The molecule has 0 saturated heterocycles. The average molecular weight is 195 g/mol. The normalized spacial score (nSPS) is 11.6. The maximum atomic E-state index is 11.7. The van der Waals surface area contributed by atoms with Crippen molar-refractivity contribution in [2.45, 2.75) is 12.6 Å². The predicted molar refractivity (Wildman–Crippen MR) is 33.2 cm³/mol. The van der Waals surface area contributed by atoms with Gasteiger partial charge >= 0.3 is 12.1 Å². The van der Waals surface area contributed by atoms with E-state index in [1.54, 1.807) is 0 Å². The summed E-state index contributed by atoms with van der Waals surface area (Å²) >= 11 is 0. The van der Waals surface area contributed by atoms with Crippen molar-refractivity contribution >= 4 is 5.97 Å². The summed E-state index contributed by atoms with van der Waals surface area (Å²) in [6.07, 6.45) is -5.13. The zero-order valence-electron chi connectivity index (χ0n) is 6.13. The summed E-state index contributed by atoms with van der Waals surface area (Å²) in [7, 11) is 0. The third kappa shape index (κ3) is 2.77. The summed E-state index contributed by atoms with van der Waals surface area (Å²) < 4.78 is 39.4. The van der Waals surface area contributed by atoms with Crippen LogP contribution in [0.25, 0.3) is 0 Å². The Morgan fingerprint density at radius 2 is 2.23 bits per heavy atom. The molecule has 0 saturated carbocycles. The highest BCUT2D eigenvalue weighted by molar-refractivity contribution is 5.84. The smallest absolute Gasteiger partial charge is 0.397 e. The first-order valence-electron chi connectivity index (χ1n) is 3.13. The van der Waals surface area contributed by atoms with Crippen molar-refractivity contribution in [2.24, 2.45) is 0 Å². The Kier molecular flexibility index (Phi) is 2.26. The molecular formula is C6H4F3NO3. The fourth-order valence-corrected chi connectivity index (χ4v) is 0.662. The molecule has 7 heteroatoms. The molecule has 0 aliphatic rings. The Balaban J connectivity index is 2.75. The first kappa shape index (κ1) is 9.56. The van der Waals surface area contributed by atoms with E-state index in [1.165, 1.54) is 0 Å². The molecule has 1 aromatic rings. The predicted octanol–water partition coefficient (Wildman–Crippen LogP) is 1.48. The fraction of sp³-hybridized carbons (Fsp3) is 0.333. The third-order valence-electron chi connectivity index (χ3n) is 1.12. The van der Waals surface area contributed by atoms with Crippen LogP contribution in [0.15, 0.2) is 10.7 Å². The SMILES string of the molecule is O=C(O)c1coc(CC(F)(F)F)n1. The molecule has 1 rings (SSSR count). The maximum Gasteiger partial charge on any atom is 0.397 e. The zero-order chi connectivity index (χ0) is 10.1. The molecule has 0 aromatic carbocycles. The Labute approximate surface area is 70.0 Å². The van der Waals surface area contributed by atoms with Gasteiger partial charge in [-0.15, -0.1) is 0 Å². The van der Waals surface area contributed by atoms with Crippen LogP contribution in [0, 0.1) is 0 Å². The van der Waals surface area contributed by atoms with E-state index in [9.17, 15) is 18.0 Å². The topological polar surface area (TPSA) is 63.3 Å². The summed E-state index contributed by atoms with van der Waals surface area (Å²) in [5.74, 6) is -2.07. The molecule has 0 fully saturated rings. The van der Waals surface area contributed by atoms with Gasteiger partial charge in [0.2, 0.25) is 5.89 Å². The minimum absolute atomic E-state index is 0.528. The van der Waals surface area contributed by atoms with Gasteiger partial charge in [0.25, 0.3) is 0 Å². The molecule has 0 amide bonds. The highest BCUT2D eigenvalue weighted by atomic mass is 19.4. The van der Waals surface area contributed by atoms with Gasteiger partial charge in [-0.25, -0.2) is 9.78 Å². The molecule has 1 N–H and O–H groups in total. The van der Waals surface area contributed by atoms with Crippen LogP contribution in [0.4, 0.5) is 13.2 Å². The molecule has 72 valence electrons. The summed E-state index contributed by atoms with van der Waals surface area (Å²) in [6.45, 7) is 0. The van der Waals surface area contributed by atoms with E-state index in [4.69, 9.17) is 5.11 Å². The second-order valence-corrected chi connectivity index (χ2v) is 2.22. The van der Waals surface area contributed by atoms with Crippen molar-refractivity contribution in [2.75, 3.05) is 0 Å². The average Bonchev–Trinajstić information content (AvgIpc) is 2.31. The van der Waals surface area contributed by atoms with Crippen molar-refractivity contribution in [1.82, 2.24) is 4.98 Å². The minimum Gasteiger partial charge on any atom is -0.476 e. The van der Waals surface area contributed by atoms with Crippen molar-refractivity contribution in [3.05, 3.63) is 17.8 Å². The zero-order valence-corrected chi connectivity index (χ0v) is 6.13. The van der Waals surface area contributed by atoms with Crippen LogP contribution in [-0.4, -0.2) is 22.2 Å². The number of halogens is 3. The van der Waals surface area contributed by atoms with Crippen molar-refractivity contribution in [3.63, 3.8) is 0 Å². The van der Waals surface area contributed by atoms with Gasteiger partial charge in [0.05, 0.1) is 0 Å². The monoisotopic (exact) mass is 195 g/mol. The van der Waals surface area contributed by atoms with Crippen molar-refractivity contribution in [3.8, 4) is 0 Å². The quantitative estimate of drug-likeness (QED) is 0.776. The van der Waals surface area contributed by atoms with Crippen LogP contribution in [-0.2, 0) is 6.42 Å². The van der Waals surface area contributed by atoms with Crippen LogP contribution >= 0.6 is 0 Å². The summed E-state index contributed by atoms with van der Waals surface area (Å²) in [6, 6.07) is 0. The van der Waals surface area contributed by atoms with E-state index >= 15 is 0 Å². The molecule has 1 aromatic heterocycles. The highest BCUT2D eigenvalue weighted by Crippen LogP contribution is 2.20. The molecule has 0 spiro atoms. The van der Waals surface area contributed by atoms with Crippen molar-refractivity contribution in [1.29, 1.82) is 0 Å². The first-order valence-corrected chi connectivity index (χ1v) is 3.13. The number of aromatic nitrogens is 1. The van der Waals surface area contributed by atoms with Crippen LogP contribution in [0.3, 0.4) is 0 Å².